The topological polar surface area (TPSA) is 106 Å². The van der Waals surface area contributed by atoms with Crippen LogP contribution in [0.4, 0.5) is 0 Å². The van der Waals surface area contributed by atoms with E-state index in [9.17, 15) is 9.69 Å². The molecule has 30 heavy (non-hydrogen) atoms. The Bertz CT molecular complexity index is 473. The molecule has 0 saturated heterocycles. The maximum Gasteiger partial charge on any atom is 0.325 e. The number of quaternary nitrogens is 1. The fraction of sp³-hybridized carbons (Fsp3) is 0.952. The summed E-state index contributed by atoms with van der Waals surface area (Å²) in [6.45, 7) is -0.371. The van der Waals surface area contributed by atoms with Gasteiger partial charge in [-0.05, 0) is 18.2 Å². The lowest BCUT2D eigenvalue weighted by molar-refractivity contribution is -0.873. The van der Waals surface area contributed by atoms with Gasteiger partial charge in [0.1, 0.15) is 12.6 Å². The van der Waals surface area contributed by atoms with Gasteiger partial charge in [0, 0.05) is 0 Å². The van der Waals surface area contributed by atoms with Crippen molar-refractivity contribution in [2.24, 2.45) is 0 Å². The molecule has 0 spiro atoms. The quantitative estimate of drug-likeness (QED) is 0.141. The highest BCUT2D eigenvalue weighted by molar-refractivity contribution is 8.07. The smallest absolute Gasteiger partial charge is 0.325 e. The molecule has 0 aromatic carbocycles. The summed E-state index contributed by atoms with van der Waals surface area (Å²) < 4.78 is 11.4. The van der Waals surface area contributed by atoms with Crippen molar-refractivity contribution in [1.82, 2.24) is 0 Å². The Morgan fingerprint density at radius 2 is 1.37 bits per heavy atom. The van der Waals surface area contributed by atoms with Gasteiger partial charge in [0.15, 0.2) is 0 Å². The molecule has 2 atom stereocenters. The van der Waals surface area contributed by atoms with E-state index in [-0.39, 0.29) is 11.9 Å². The zero-order valence-corrected chi connectivity index (χ0v) is 21.3. The monoisotopic (exact) mass is 471 g/mol. The highest BCUT2D eigenvalue weighted by atomic mass is 32.5. The van der Waals surface area contributed by atoms with E-state index in [2.05, 4.69) is 6.92 Å². The summed E-state index contributed by atoms with van der Waals surface area (Å²) in [7, 11) is 5.81. The van der Waals surface area contributed by atoms with Crippen molar-refractivity contribution < 1.29 is 33.8 Å². The average Bonchev–Trinajstić information content (AvgIpc) is 2.56. The molecular weight excluding hydrogens is 425 g/mol. The van der Waals surface area contributed by atoms with Gasteiger partial charge in [-0.1, -0.05) is 77.6 Å². The number of aliphatic carboxylic acids is 1. The van der Waals surface area contributed by atoms with E-state index in [1.54, 1.807) is 0 Å². The molecule has 0 radical (unpaired) electrons. The number of unbranched alkanes of at least 4 members (excludes halogenated alkanes) is 11. The van der Waals surface area contributed by atoms with E-state index >= 15 is 0 Å². The molecule has 0 aliphatic carbocycles. The highest BCUT2D eigenvalue weighted by Gasteiger charge is 2.28. The number of hydrogen-bond acceptors (Lipinski definition) is 5. The second kappa shape index (κ2) is 18.5. The fourth-order valence-electron chi connectivity index (χ4n) is 3.28. The Morgan fingerprint density at radius 3 is 1.77 bits per heavy atom. The van der Waals surface area contributed by atoms with E-state index in [4.69, 9.17) is 26.0 Å². The summed E-state index contributed by atoms with van der Waals surface area (Å²) >= 11 is 5.07. The third-order valence-electron chi connectivity index (χ3n) is 4.69. The van der Waals surface area contributed by atoms with Crippen LogP contribution in [-0.2, 0) is 25.6 Å². The van der Waals surface area contributed by atoms with E-state index in [0.29, 0.717) is 17.6 Å². The van der Waals surface area contributed by atoms with Crippen molar-refractivity contribution in [3.05, 3.63) is 0 Å². The SMILES string of the molecule is CCCCCCCCCCCCCCOP(O)(=S)O[C@H](CC(=O)O)C[N+](C)(C)C.[OH-]. The highest BCUT2D eigenvalue weighted by Crippen LogP contribution is 2.45. The van der Waals surface area contributed by atoms with Crippen LogP contribution in [0, 0.1) is 0 Å². The number of carbonyl (C=O) groups is 1. The first-order chi connectivity index (χ1) is 13.6. The van der Waals surface area contributed by atoms with Gasteiger partial charge >= 0.3 is 12.7 Å². The van der Waals surface area contributed by atoms with Gasteiger partial charge in [-0.2, -0.15) is 0 Å². The standard InChI is InChI=1S/C21H44NO5PS.H2O/c1-5-6-7-8-9-10-11-12-13-14-15-16-17-26-28(25,29)27-20(18-21(23)24)19-22(2,3)4;/h20H,5-19H2,1-4H3,(H-,23,24,25,29);1H2/t20-,28?;/m1./s1. The number of carboxylic acids is 1. The largest absolute Gasteiger partial charge is 0.870 e. The Kier molecular flexibility index (Phi) is 19.8. The lowest BCUT2D eigenvalue weighted by Gasteiger charge is -2.30. The van der Waals surface area contributed by atoms with E-state index in [0.717, 1.165) is 19.3 Å². The minimum absolute atomic E-state index is 0. The van der Waals surface area contributed by atoms with Crippen LogP contribution < -0.4 is 0 Å². The van der Waals surface area contributed by atoms with Crippen LogP contribution in [0.5, 0.6) is 0 Å². The van der Waals surface area contributed by atoms with Crippen molar-refractivity contribution in [3.63, 3.8) is 0 Å². The molecule has 0 aliphatic rings. The van der Waals surface area contributed by atoms with Crippen molar-refractivity contribution >= 4 is 24.5 Å². The molecule has 0 heterocycles. The van der Waals surface area contributed by atoms with E-state index in [1.165, 1.54) is 57.8 Å². The minimum atomic E-state index is -3.41. The molecule has 0 fully saturated rings. The van der Waals surface area contributed by atoms with Crippen molar-refractivity contribution in [2.75, 3.05) is 34.3 Å². The lowest BCUT2D eigenvalue weighted by atomic mass is 10.1. The number of nitrogens with zero attached hydrogens (tertiary/aromatic N) is 1. The van der Waals surface area contributed by atoms with Crippen LogP contribution in [0.25, 0.3) is 0 Å². The molecule has 1 unspecified atom stereocenters. The summed E-state index contributed by atoms with van der Waals surface area (Å²) in [4.78, 5) is 21.3. The zero-order valence-electron chi connectivity index (χ0n) is 19.6. The molecule has 0 amide bonds. The maximum absolute atomic E-state index is 11.0. The van der Waals surface area contributed by atoms with Crippen molar-refractivity contribution in [2.45, 2.75) is 96.5 Å². The molecule has 0 aromatic rings. The Balaban J connectivity index is 0. The van der Waals surface area contributed by atoms with Crippen LogP contribution in [0.1, 0.15) is 90.4 Å². The van der Waals surface area contributed by atoms with Gasteiger partial charge in [-0.3, -0.25) is 9.32 Å². The van der Waals surface area contributed by atoms with Crippen LogP contribution in [0.2, 0.25) is 0 Å². The second-order valence-electron chi connectivity index (χ2n) is 8.99. The van der Waals surface area contributed by atoms with Gasteiger partial charge in [0.25, 0.3) is 0 Å². The van der Waals surface area contributed by atoms with Gasteiger partial charge < -0.3 is 24.5 Å². The third kappa shape index (κ3) is 22.6. The van der Waals surface area contributed by atoms with Crippen molar-refractivity contribution in [3.8, 4) is 0 Å². The average molecular weight is 472 g/mol. The molecule has 3 N–H and O–H groups in total. The number of carboxylic acid groups (broad SMARTS) is 1. The Labute approximate surface area is 189 Å². The lowest BCUT2D eigenvalue weighted by Crippen LogP contribution is -2.42. The summed E-state index contributed by atoms with van der Waals surface area (Å²) in [5, 5.41) is 9.05. The fourth-order valence-corrected chi connectivity index (χ4v) is 4.81. The predicted molar refractivity (Wildman–Crippen MR) is 125 cm³/mol. The first-order valence-corrected chi connectivity index (χ1v) is 13.8. The second-order valence-corrected chi connectivity index (χ2v) is 11.8. The molecule has 0 saturated carbocycles. The van der Waals surface area contributed by atoms with Crippen LogP contribution in [0.3, 0.4) is 0 Å². The first-order valence-electron chi connectivity index (χ1n) is 11.2. The molecule has 0 aromatic heterocycles. The zero-order chi connectivity index (χ0) is 22.2. The van der Waals surface area contributed by atoms with Gasteiger partial charge in [-0.25, -0.2) is 0 Å². The molecule has 9 heteroatoms. The maximum atomic E-state index is 11.0. The van der Waals surface area contributed by atoms with Crippen LogP contribution in [-0.4, -0.2) is 66.3 Å². The number of hydrogen-bond donors (Lipinski definition) is 2. The van der Waals surface area contributed by atoms with E-state index < -0.39 is 18.8 Å². The number of rotatable bonds is 20. The van der Waals surface area contributed by atoms with Gasteiger partial charge in [0.05, 0.1) is 34.2 Å². The molecule has 182 valence electrons. The summed E-state index contributed by atoms with van der Waals surface area (Å²) in [5.41, 5.74) is 0. The van der Waals surface area contributed by atoms with Gasteiger partial charge in [0.2, 0.25) is 0 Å². The molecule has 7 nitrogen and oxygen atoms in total. The Hall–Kier alpha value is -0.0800. The predicted octanol–water partition coefficient (Wildman–Crippen LogP) is 5.31. The molecule has 0 aliphatic heterocycles. The van der Waals surface area contributed by atoms with Crippen molar-refractivity contribution in [1.29, 1.82) is 0 Å². The first kappa shape index (κ1) is 32.1. The summed E-state index contributed by atoms with van der Waals surface area (Å²) in [5.74, 6) is -0.973. The normalized spacial score (nSPS) is 14.7. The van der Waals surface area contributed by atoms with Crippen LogP contribution in [0.15, 0.2) is 0 Å². The van der Waals surface area contributed by atoms with E-state index in [1.807, 2.05) is 21.1 Å². The van der Waals surface area contributed by atoms with Crippen LogP contribution >= 0.6 is 6.72 Å². The van der Waals surface area contributed by atoms with Gasteiger partial charge in [-0.15, -0.1) is 0 Å². The summed E-state index contributed by atoms with van der Waals surface area (Å²) in [6.07, 6.45) is 14.2. The Morgan fingerprint density at radius 1 is 0.933 bits per heavy atom. The third-order valence-corrected chi connectivity index (χ3v) is 6.34. The molecule has 0 rings (SSSR count). The summed E-state index contributed by atoms with van der Waals surface area (Å²) in [6, 6.07) is 0. The molecule has 0 bridgehead atoms. The number of likely N-dealkylation sites (N-methyl/N-ethyl adjacent to an activating group) is 1. The minimum Gasteiger partial charge on any atom is -0.870 e. The molecular formula is C21H46NO6PS.